The van der Waals surface area contributed by atoms with Crippen molar-refractivity contribution in [2.75, 3.05) is 33.8 Å². The Kier molecular flexibility index (Phi) is 6.07. The molecule has 2 fully saturated rings. The fraction of sp³-hybridized carbons (Fsp3) is 0.500. The normalized spacial score (nSPS) is 25.3. The topological polar surface area (TPSA) is 89.2 Å². The number of nitriles is 1. The molecule has 28 heavy (non-hydrogen) atoms. The van der Waals surface area contributed by atoms with Gasteiger partial charge in [-0.1, -0.05) is 24.3 Å². The molecule has 0 N–H and O–H groups in total. The quantitative estimate of drug-likeness (QED) is 0.785. The molecule has 0 bridgehead atoms. The van der Waals surface area contributed by atoms with E-state index < -0.39 is 17.9 Å². The number of amides is 3. The number of aliphatic imine (C=N–C) groups is 1. The smallest absolute Gasteiger partial charge is 0.331 e. The van der Waals surface area contributed by atoms with Gasteiger partial charge in [-0.3, -0.25) is 24.5 Å². The first-order valence-corrected chi connectivity index (χ1v) is 9.31. The summed E-state index contributed by atoms with van der Waals surface area (Å²) >= 11 is 0. The number of hydrogen-bond acceptors (Lipinski definition) is 6. The van der Waals surface area contributed by atoms with Crippen LogP contribution in [-0.4, -0.2) is 72.4 Å². The van der Waals surface area contributed by atoms with E-state index in [-0.39, 0.29) is 11.9 Å². The summed E-state index contributed by atoms with van der Waals surface area (Å²) in [6, 6.07) is 9.55. The Labute approximate surface area is 165 Å². The SMILES string of the molecule is CC1CN(Cc2cccc(CN=C3C(C#N)C(=O)N(C)C(=O)N3C)c2)CCO1. The lowest BCUT2D eigenvalue weighted by atomic mass is 10.1. The summed E-state index contributed by atoms with van der Waals surface area (Å²) in [5.74, 6) is -1.41. The summed E-state index contributed by atoms with van der Waals surface area (Å²) in [5.41, 5.74) is 2.14. The largest absolute Gasteiger partial charge is 0.376 e. The number of imide groups is 1. The van der Waals surface area contributed by atoms with Crippen molar-refractivity contribution in [3.05, 3.63) is 35.4 Å². The molecule has 2 saturated heterocycles. The number of carbonyl (C=O) groups is 2. The van der Waals surface area contributed by atoms with Crippen molar-refractivity contribution < 1.29 is 14.3 Å². The molecule has 1 aromatic rings. The number of nitrogens with zero attached hydrogens (tertiary/aromatic N) is 5. The molecule has 0 spiro atoms. The molecule has 8 nitrogen and oxygen atoms in total. The number of benzene rings is 1. The second kappa shape index (κ2) is 8.50. The van der Waals surface area contributed by atoms with E-state index in [1.807, 2.05) is 18.2 Å². The summed E-state index contributed by atoms with van der Waals surface area (Å²) in [7, 11) is 2.91. The third-order valence-electron chi connectivity index (χ3n) is 5.03. The Balaban J connectivity index is 1.73. The molecule has 0 aliphatic carbocycles. The van der Waals surface area contributed by atoms with Crippen molar-refractivity contribution in [3.8, 4) is 6.07 Å². The van der Waals surface area contributed by atoms with Gasteiger partial charge in [0.2, 0.25) is 0 Å². The Bertz CT molecular complexity index is 831. The first-order valence-electron chi connectivity index (χ1n) is 9.31. The van der Waals surface area contributed by atoms with Crippen LogP contribution in [0.1, 0.15) is 18.1 Å². The van der Waals surface area contributed by atoms with Gasteiger partial charge in [0.1, 0.15) is 5.84 Å². The Morgan fingerprint density at radius 3 is 2.71 bits per heavy atom. The maximum absolute atomic E-state index is 12.2. The fourth-order valence-corrected chi connectivity index (χ4v) is 3.52. The molecular weight excluding hydrogens is 358 g/mol. The summed E-state index contributed by atoms with van der Waals surface area (Å²) in [6.45, 7) is 5.76. The molecular formula is C20H25N5O3. The van der Waals surface area contributed by atoms with Crippen LogP contribution in [0, 0.1) is 17.2 Å². The summed E-state index contributed by atoms with van der Waals surface area (Å²) in [4.78, 5) is 33.4. The zero-order chi connectivity index (χ0) is 20.3. The van der Waals surface area contributed by atoms with Gasteiger partial charge in [-0.25, -0.2) is 4.79 Å². The number of rotatable bonds is 4. The summed E-state index contributed by atoms with van der Waals surface area (Å²) < 4.78 is 5.58. The number of carbonyl (C=O) groups excluding carboxylic acids is 2. The van der Waals surface area contributed by atoms with E-state index >= 15 is 0 Å². The Morgan fingerprint density at radius 1 is 1.25 bits per heavy atom. The number of ether oxygens (including phenoxy) is 1. The molecule has 3 rings (SSSR count). The van der Waals surface area contributed by atoms with Crippen molar-refractivity contribution >= 4 is 17.8 Å². The van der Waals surface area contributed by atoms with E-state index in [9.17, 15) is 14.9 Å². The molecule has 2 aliphatic heterocycles. The highest BCUT2D eigenvalue weighted by molar-refractivity contribution is 6.19. The fourth-order valence-electron chi connectivity index (χ4n) is 3.52. The van der Waals surface area contributed by atoms with E-state index in [0.717, 1.165) is 36.7 Å². The van der Waals surface area contributed by atoms with Gasteiger partial charge in [-0.2, -0.15) is 5.26 Å². The molecule has 3 amide bonds. The Hall–Kier alpha value is -2.76. The maximum Gasteiger partial charge on any atom is 0.331 e. The van der Waals surface area contributed by atoms with E-state index in [1.54, 1.807) is 0 Å². The average molecular weight is 383 g/mol. The van der Waals surface area contributed by atoms with Crippen LogP contribution in [0.4, 0.5) is 4.79 Å². The molecule has 148 valence electrons. The molecule has 0 saturated carbocycles. The minimum atomic E-state index is -1.06. The molecule has 1 aromatic carbocycles. The van der Waals surface area contributed by atoms with Crippen LogP contribution in [0.15, 0.2) is 29.3 Å². The van der Waals surface area contributed by atoms with Crippen LogP contribution in [0.2, 0.25) is 0 Å². The van der Waals surface area contributed by atoms with Gasteiger partial charge in [0.15, 0.2) is 5.92 Å². The van der Waals surface area contributed by atoms with Gasteiger partial charge in [0.05, 0.1) is 25.3 Å². The maximum atomic E-state index is 12.2. The summed E-state index contributed by atoms with van der Waals surface area (Å²) in [6.07, 6.45) is 0.237. The lowest BCUT2D eigenvalue weighted by Crippen LogP contribution is -2.56. The lowest BCUT2D eigenvalue weighted by Gasteiger charge is -2.33. The van der Waals surface area contributed by atoms with Crippen molar-refractivity contribution in [1.29, 1.82) is 5.26 Å². The zero-order valence-electron chi connectivity index (χ0n) is 16.5. The third-order valence-corrected chi connectivity index (χ3v) is 5.03. The second-order valence-electron chi connectivity index (χ2n) is 7.21. The second-order valence-corrected chi connectivity index (χ2v) is 7.21. The van der Waals surface area contributed by atoms with Crippen LogP contribution in [-0.2, 0) is 22.6 Å². The van der Waals surface area contributed by atoms with E-state index in [4.69, 9.17) is 4.74 Å². The van der Waals surface area contributed by atoms with Gasteiger partial charge in [0.25, 0.3) is 5.91 Å². The predicted molar refractivity (Wildman–Crippen MR) is 103 cm³/mol. The molecule has 2 unspecified atom stereocenters. The van der Waals surface area contributed by atoms with E-state index in [1.165, 1.54) is 24.6 Å². The van der Waals surface area contributed by atoms with Gasteiger partial charge in [0, 0.05) is 33.7 Å². The van der Waals surface area contributed by atoms with Crippen LogP contribution >= 0.6 is 0 Å². The van der Waals surface area contributed by atoms with Crippen LogP contribution in [0.3, 0.4) is 0 Å². The highest BCUT2D eigenvalue weighted by Gasteiger charge is 2.40. The van der Waals surface area contributed by atoms with Crippen LogP contribution in [0.25, 0.3) is 0 Å². The molecule has 0 radical (unpaired) electrons. The number of urea groups is 1. The van der Waals surface area contributed by atoms with Gasteiger partial charge in [-0.15, -0.1) is 0 Å². The van der Waals surface area contributed by atoms with Crippen molar-refractivity contribution in [1.82, 2.24) is 14.7 Å². The predicted octanol–water partition coefficient (Wildman–Crippen LogP) is 1.47. The third kappa shape index (κ3) is 4.21. The number of morpholine rings is 1. The van der Waals surface area contributed by atoms with Gasteiger partial charge < -0.3 is 4.74 Å². The lowest BCUT2D eigenvalue weighted by molar-refractivity contribution is -0.129. The highest BCUT2D eigenvalue weighted by Crippen LogP contribution is 2.18. The minimum Gasteiger partial charge on any atom is -0.376 e. The monoisotopic (exact) mass is 383 g/mol. The van der Waals surface area contributed by atoms with Crippen molar-refractivity contribution in [2.24, 2.45) is 10.9 Å². The van der Waals surface area contributed by atoms with Crippen molar-refractivity contribution in [3.63, 3.8) is 0 Å². The van der Waals surface area contributed by atoms with E-state index in [0.29, 0.717) is 6.54 Å². The summed E-state index contributed by atoms with van der Waals surface area (Å²) in [5, 5.41) is 9.37. The highest BCUT2D eigenvalue weighted by atomic mass is 16.5. The van der Waals surface area contributed by atoms with E-state index in [2.05, 4.69) is 28.9 Å². The van der Waals surface area contributed by atoms with Crippen LogP contribution in [0.5, 0.6) is 0 Å². The molecule has 2 atom stereocenters. The molecule has 8 heteroatoms. The van der Waals surface area contributed by atoms with Crippen LogP contribution < -0.4 is 0 Å². The molecule has 2 aliphatic rings. The number of amidine groups is 1. The Morgan fingerprint density at radius 2 is 2.00 bits per heavy atom. The van der Waals surface area contributed by atoms with Gasteiger partial charge in [-0.05, 0) is 18.1 Å². The average Bonchev–Trinajstić information content (AvgIpc) is 2.68. The molecule has 2 heterocycles. The number of hydrogen-bond donors (Lipinski definition) is 0. The molecule has 0 aromatic heterocycles. The van der Waals surface area contributed by atoms with Gasteiger partial charge >= 0.3 is 6.03 Å². The van der Waals surface area contributed by atoms with Crippen molar-refractivity contribution in [2.45, 2.75) is 26.1 Å². The zero-order valence-corrected chi connectivity index (χ0v) is 16.5. The first kappa shape index (κ1) is 20.0. The standard InChI is InChI=1S/C20H25N5O3/c1-14-12-25(7-8-28-14)13-16-6-4-5-15(9-16)11-22-18-17(10-21)19(26)24(3)20(27)23(18)2/h4-6,9,14,17H,7-8,11-13H2,1-3H3. The minimum absolute atomic E-state index is 0.197. The first-order chi connectivity index (χ1) is 13.4.